The van der Waals surface area contributed by atoms with Crippen molar-refractivity contribution in [2.24, 2.45) is 4.99 Å². The molecule has 0 bridgehead atoms. The Bertz CT molecular complexity index is 935. The molecule has 7 heteroatoms. The Balaban J connectivity index is 0.00000261. The first-order valence-corrected chi connectivity index (χ1v) is 8.69. The second kappa shape index (κ2) is 9.68. The summed E-state index contributed by atoms with van der Waals surface area (Å²) in [5, 5.41) is 6.53. The number of hydrogen-bond acceptors (Lipinski definition) is 2. The number of rotatable bonds is 5. The minimum absolute atomic E-state index is 0. The van der Waals surface area contributed by atoms with Crippen LogP contribution in [-0.4, -0.2) is 28.9 Å². The molecule has 0 aliphatic heterocycles. The lowest BCUT2D eigenvalue weighted by Gasteiger charge is -2.12. The molecule has 3 aromatic rings. The van der Waals surface area contributed by atoms with Crippen LogP contribution in [0.15, 0.2) is 47.7 Å². The summed E-state index contributed by atoms with van der Waals surface area (Å²) in [6.07, 6.45) is 4.87. The number of aliphatic imine (C=N–C) groups is 1. The molecule has 27 heavy (non-hydrogen) atoms. The zero-order valence-electron chi connectivity index (χ0n) is 15.8. The van der Waals surface area contributed by atoms with Crippen molar-refractivity contribution in [1.82, 2.24) is 20.0 Å². The summed E-state index contributed by atoms with van der Waals surface area (Å²) in [7, 11) is 1.74. The Morgan fingerprint density at radius 2 is 2.00 bits per heavy atom. The maximum atomic E-state index is 13.3. The van der Waals surface area contributed by atoms with Gasteiger partial charge in [0.05, 0.1) is 5.69 Å². The minimum atomic E-state index is -0.182. The molecule has 0 fully saturated rings. The van der Waals surface area contributed by atoms with Crippen LogP contribution in [0.5, 0.6) is 0 Å². The molecule has 0 atom stereocenters. The van der Waals surface area contributed by atoms with Crippen LogP contribution in [0.3, 0.4) is 0 Å². The molecule has 0 saturated heterocycles. The SMILES string of the molecule is CN=C(NCCc1cn2cccc(C)c2n1)NCc1ccc(F)c(C)c1.I. The number of nitrogens with zero attached hydrogens (tertiary/aromatic N) is 3. The molecule has 2 N–H and O–H groups in total. The molecule has 0 aliphatic carbocycles. The smallest absolute Gasteiger partial charge is 0.191 e. The van der Waals surface area contributed by atoms with E-state index < -0.39 is 0 Å². The molecule has 0 unspecified atom stereocenters. The van der Waals surface area contributed by atoms with Gasteiger partial charge in [0.15, 0.2) is 5.96 Å². The van der Waals surface area contributed by atoms with E-state index >= 15 is 0 Å². The molecule has 144 valence electrons. The van der Waals surface area contributed by atoms with Crippen molar-refractivity contribution in [2.45, 2.75) is 26.8 Å². The number of aryl methyl sites for hydroxylation is 2. The lowest BCUT2D eigenvalue weighted by molar-refractivity contribution is 0.617. The van der Waals surface area contributed by atoms with E-state index in [1.807, 2.05) is 18.3 Å². The van der Waals surface area contributed by atoms with Gasteiger partial charge in [-0.3, -0.25) is 4.99 Å². The molecular formula is C20H25FIN5. The van der Waals surface area contributed by atoms with Gasteiger partial charge in [-0.1, -0.05) is 18.2 Å². The first kappa shape index (κ1) is 21.1. The fourth-order valence-corrected chi connectivity index (χ4v) is 2.86. The quantitative estimate of drug-likeness (QED) is 0.333. The van der Waals surface area contributed by atoms with E-state index in [2.05, 4.69) is 44.2 Å². The lowest BCUT2D eigenvalue weighted by Crippen LogP contribution is -2.37. The first-order valence-electron chi connectivity index (χ1n) is 8.69. The highest BCUT2D eigenvalue weighted by atomic mass is 127. The van der Waals surface area contributed by atoms with Crippen molar-refractivity contribution in [1.29, 1.82) is 0 Å². The van der Waals surface area contributed by atoms with Crippen molar-refractivity contribution >= 4 is 35.6 Å². The number of halogens is 2. The second-order valence-electron chi connectivity index (χ2n) is 6.34. The van der Waals surface area contributed by atoms with E-state index in [0.717, 1.165) is 29.9 Å². The predicted molar refractivity (Wildman–Crippen MR) is 118 cm³/mol. The number of nitrogens with one attached hydrogen (secondary N) is 2. The van der Waals surface area contributed by atoms with Crippen molar-refractivity contribution in [3.63, 3.8) is 0 Å². The standard InChI is InChI=1S/C20H24FN5.HI/c1-14-5-4-10-26-13-17(25-19(14)26)8-9-23-20(22-3)24-12-16-6-7-18(21)15(2)11-16;/h4-7,10-11,13H,8-9,12H2,1-3H3,(H2,22,23,24);1H. The van der Waals surface area contributed by atoms with E-state index in [1.165, 1.54) is 11.6 Å². The fourth-order valence-electron chi connectivity index (χ4n) is 2.86. The highest BCUT2D eigenvalue weighted by Gasteiger charge is 2.05. The van der Waals surface area contributed by atoms with Crippen LogP contribution in [0.2, 0.25) is 0 Å². The molecule has 2 aromatic heterocycles. The maximum absolute atomic E-state index is 13.3. The van der Waals surface area contributed by atoms with Gasteiger partial charge < -0.3 is 15.0 Å². The summed E-state index contributed by atoms with van der Waals surface area (Å²) in [6, 6.07) is 9.20. The Hall–Kier alpha value is -2.16. The molecule has 0 amide bonds. The number of hydrogen-bond donors (Lipinski definition) is 2. The molecule has 3 rings (SSSR count). The first-order chi connectivity index (χ1) is 12.6. The lowest BCUT2D eigenvalue weighted by atomic mass is 10.1. The minimum Gasteiger partial charge on any atom is -0.356 e. The zero-order valence-corrected chi connectivity index (χ0v) is 18.1. The van der Waals surface area contributed by atoms with Gasteiger partial charge in [0.2, 0.25) is 0 Å². The van der Waals surface area contributed by atoms with Gasteiger partial charge >= 0.3 is 0 Å². The Labute approximate surface area is 176 Å². The third kappa shape index (κ3) is 5.41. The van der Waals surface area contributed by atoms with Gasteiger partial charge in [0.25, 0.3) is 0 Å². The van der Waals surface area contributed by atoms with E-state index in [1.54, 1.807) is 20.0 Å². The van der Waals surface area contributed by atoms with Crippen LogP contribution in [-0.2, 0) is 13.0 Å². The highest BCUT2D eigenvalue weighted by molar-refractivity contribution is 14.0. The van der Waals surface area contributed by atoms with E-state index in [9.17, 15) is 4.39 Å². The predicted octanol–water partition coefficient (Wildman–Crippen LogP) is 3.62. The zero-order chi connectivity index (χ0) is 18.5. The molecule has 1 aromatic carbocycles. The van der Waals surface area contributed by atoms with Gasteiger partial charge in [-0.25, -0.2) is 9.37 Å². The van der Waals surface area contributed by atoms with Gasteiger partial charge in [-0.2, -0.15) is 0 Å². The van der Waals surface area contributed by atoms with Gasteiger partial charge in [-0.05, 0) is 42.7 Å². The third-order valence-corrected chi connectivity index (χ3v) is 4.31. The topological polar surface area (TPSA) is 53.7 Å². The van der Waals surface area contributed by atoms with Crippen molar-refractivity contribution in [3.05, 3.63) is 70.9 Å². The monoisotopic (exact) mass is 481 g/mol. The van der Waals surface area contributed by atoms with Crippen LogP contribution < -0.4 is 10.6 Å². The van der Waals surface area contributed by atoms with Crippen LogP contribution in [0.1, 0.15) is 22.4 Å². The van der Waals surface area contributed by atoms with Crippen LogP contribution in [0.25, 0.3) is 5.65 Å². The van der Waals surface area contributed by atoms with Crippen LogP contribution in [0.4, 0.5) is 4.39 Å². The molecule has 0 saturated carbocycles. The normalized spacial score (nSPS) is 11.3. The molecular weight excluding hydrogens is 456 g/mol. The number of pyridine rings is 1. The second-order valence-corrected chi connectivity index (χ2v) is 6.34. The molecule has 2 heterocycles. The molecule has 5 nitrogen and oxygen atoms in total. The van der Waals surface area contributed by atoms with Gasteiger partial charge in [0, 0.05) is 39.0 Å². The average Bonchev–Trinajstić information content (AvgIpc) is 3.05. The molecule has 0 spiro atoms. The number of fused-ring (bicyclic) bond motifs is 1. The summed E-state index contributed by atoms with van der Waals surface area (Å²) in [4.78, 5) is 8.90. The van der Waals surface area contributed by atoms with Gasteiger partial charge in [-0.15, -0.1) is 24.0 Å². The maximum Gasteiger partial charge on any atom is 0.191 e. The van der Waals surface area contributed by atoms with Crippen molar-refractivity contribution in [2.75, 3.05) is 13.6 Å². The Morgan fingerprint density at radius 3 is 2.70 bits per heavy atom. The Morgan fingerprint density at radius 1 is 1.19 bits per heavy atom. The highest BCUT2D eigenvalue weighted by Crippen LogP contribution is 2.10. The number of benzene rings is 1. The fraction of sp³-hybridized carbons (Fsp3) is 0.300. The van der Waals surface area contributed by atoms with Crippen molar-refractivity contribution in [3.8, 4) is 0 Å². The number of imidazole rings is 1. The van der Waals surface area contributed by atoms with E-state index in [4.69, 9.17) is 0 Å². The van der Waals surface area contributed by atoms with Gasteiger partial charge in [0.1, 0.15) is 11.5 Å². The summed E-state index contributed by atoms with van der Waals surface area (Å²) < 4.78 is 15.4. The third-order valence-electron chi connectivity index (χ3n) is 4.31. The summed E-state index contributed by atoms with van der Waals surface area (Å²) in [6.45, 7) is 5.15. The molecule has 0 radical (unpaired) electrons. The molecule has 0 aliphatic rings. The average molecular weight is 481 g/mol. The summed E-state index contributed by atoms with van der Waals surface area (Å²) in [5.74, 6) is 0.533. The number of aromatic nitrogens is 2. The van der Waals surface area contributed by atoms with Crippen LogP contribution in [0, 0.1) is 19.7 Å². The summed E-state index contributed by atoms with van der Waals surface area (Å²) >= 11 is 0. The number of guanidine groups is 1. The van der Waals surface area contributed by atoms with Crippen LogP contribution >= 0.6 is 24.0 Å². The van der Waals surface area contributed by atoms with E-state index in [-0.39, 0.29) is 29.8 Å². The van der Waals surface area contributed by atoms with E-state index in [0.29, 0.717) is 18.1 Å². The Kier molecular flexibility index (Phi) is 7.58. The summed E-state index contributed by atoms with van der Waals surface area (Å²) in [5.41, 5.74) is 4.86. The van der Waals surface area contributed by atoms with Crippen molar-refractivity contribution < 1.29 is 4.39 Å². The largest absolute Gasteiger partial charge is 0.356 e.